The van der Waals surface area contributed by atoms with Crippen molar-refractivity contribution in [3.63, 3.8) is 0 Å². The summed E-state index contributed by atoms with van der Waals surface area (Å²) >= 11 is 0. The van der Waals surface area contributed by atoms with E-state index in [0.29, 0.717) is 25.2 Å². The van der Waals surface area contributed by atoms with Crippen molar-refractivity contribution < 1.29 is 14.7 Å². The molecule has 1 amide bonds. The molecule has 0 aromatic heterocycles. The van der Waals surface area contributed by atoms with Crippen LogP contribution < -0.4 is 0 Å². The Bertz CT molecular complexity index is 453. The number of benzene rings is 1. The van der Waals surface area contributed by atoms with Gasteiger partial charge in [0.1, 0.15) is 0 Å². The number of piperazine rings is 1. The number of hydrogen-bond donors (Lipinski definition) is 1. The Morgan fingerprint density at radius 2 is 1.70 bits per heavy atom. The largest absolute Gasteiger partial charge is 0.395 e. The lowest BCUT2D eigenvalue weighted by atomic mass is 10.1. The van der Waals surface area contributed by atoms with Crippen molar-refractivity contribution in [2.24, 2.45) is 0 Å². The predicted molar refractivity (Wildman–Crippen MR) is 75.5 cm³/mol. The number of amides is 1. The van der Waals surface area contributed by atoms with Crippen molar-refractivity contribution in [2.75, 3.05) is 39.3 Å². The SMILES string of the molecule is O=C(CC(=O)N1CCN(CCO)CC1)c1ccccc1. The van der Waals surface area contributed by atoms with E-state index in [2.05, 4.69) is 4.90 Å². The smallest absolute Gasteiger partial charge is 0.230 e. The van der Waals surface area contributed by atoms with Crippen LogP contribution in [-0.4, -0.2) is 65.9 Å². The van der Waals surface area contributed by atoms with Crippen molar-refractivity contribution in [1.29, 1.82) is 0 Å². The van der Waals surface area contributed by atoms with Gasteiger partial charge in [0.25, 0.3) is 0 Å². The van der Waals surface area contributed by atoms with Crippen LogP contribution >= 0.6 is 0 Å². The molecule has 0 spiro atoms. The van der Waals surface area contributed by atoms with Crippen LogP contribution in [-0.2, 0) is 4.79 Å². The summed E-state index contributed by atoms with van der Waals surface area (Å²) in [4.78, 5) is 27.9. The topological polar surface area (TPSA) is 60.9 Å². The van der Waals surface area contributed by atoms with Crippen LogP contribution in [0.15, 0.2) is 30.3 Å². The number of Topliss-reactive ketones (excluding diaryl/α,β-unsaturated/α-hetero) is 1. The zero-order chi connectivity index (χ0) is 14.4. The molecule has 0 bridgehead atoms. The number of ketones is 1. The van der Waals surface area contributed by atoms with E-state index < -0.39 is 0 Å². The fourth-order valence-corrected chi connectivity index (χ4v) is 2.34. The number of aliphatic hydroxyl groups is 1. The summed E-state index contributed by atoms with van der Waals surface area (Å²) < 4.78 is 0. The van der Waals surface area contributed by atoms with Gasteiger partial charge >= 0.3 is 0 Å². The molecule has 0 aliphatic carbocycles. The van der Waals surface area contributed by atoms with Crippen molar-refractivity contribution in [1.82, 2.24) is 9.80 Å². The highest BCUT2D eigenvalue weighted by Crippen LogP contribution is 2.08. The molecule has 1 aromatic carbocycles. The number of β-amino-alcohol motifs (C(OH)–C–C–N with tert-alkyl or cyclic N) is 1. The Balaban J connectivity index is 1.83. The monoisotopic (exact) mass is 276 g/mol. The molecule has 108 valence electrons. The van der Waals surface area contributed by atoms with E-state index in [1.807, 2.05) is 6.07 Å². The minimum absolute atomic E-state index is 0.0655. The molecule has 0 saturated carbocycles. The summed E-state index contributed by atoms with van der Waals surface area (Å²) in [5.41, 5.74) is 0.583. The molecule has 1 aliphatic heterocycles. The first-order chi connectivity index (χ1) is 9.70. The molecule has 1 aliphatic rings. The number of hydrogen-bond acceptors (Lipinski definition) is 4. The summed E-state index contributed by atoms with van der Waals surface area (Å²) in [5.74, 6) is -0.240. The van der Waals surface area contributed by atoms with E-state index in [1.54, 1.807) is 29.2 Å². The van der Waals surface area contributed by atoms with E-state index in [1.165, 1.54) is 0 Å². The van der Waals surface area contributed by atoms with E-state index in [0.717, 1.165) is 13.1 Å². The molecule has 1 aromatic rings. The third-order valence-corrected chi connectivity index (χ3v) is 3.55. The molecule has 5 nitrogen and oxygen atoms in total. The van der Waals surface area contributed by atoms with Crippen LogP contribution in [0.2, 0.25) is 0 Å². The quantitative estimate of drug-likeness (QED) is 0.624. The average Bonchev–Trinajstić information content (AvgIpc) is 2.49. The lowest BCUT2D eigenvalue weighted by Gasteiger charge is -2.34. The van der Waals surface area contributed by atoms with Gasteiger partial charge in [-0.3, -0.25) is 14.5 Å². The number of carbonyl (C=O) groups is 2. The molecule has 5 heteroatoms. The third kappa shape index (κ3) is 3.88. The summed E-state index contributed by atoms with van der Waals surface area (Å²) in [6.07, 6.45) is -0.0655. The normalized spacial score (nSPS) is 16.1. The van der Waals surface area contributed by atoms with Crippen LogP contribution in [0.1, 0.15) is 16.8 Å². The maximum Gasteiger partial charge on any atom is 0.230 e. The molecule has 2 rings (SSSR count). The number of aliphatic hydroxyl groups excluding tert-OH is 1. The van der Waals surface area contributed by atoms with Gasteiger partial charge in [0, 0.05) is 38.3 Å². The molecule has 20 heavy (non-hydrogen) atoms. The number of carbonyl (C=O) groups excluding carboxylic acids is 2. The molecule has 0 unspecified atom stereocenters. The first kappa shape index (κ1) is 14.7. The second kappa shape index (κ2) is 7.17. The zero-order valence-electron chi connectivity index (χ0n) is 11.5. The van der Waals surface area contributed by atoms with E-state index >= 15 is 0 Å². The molecule has 1 fully saturated rings. The summed E-state index contributed by atoms with van der Waals surface area (Å²) in [7, 11) is 0. The molecule has 1 N–H and O–H groups in total. The fraction of sp³-hybridized carbons (Fsp3) is 0.467. The lowest BCUT2D eigenvalue weighted by Crippen LogP contribution is -2.49. The van der Waals surface area contributed by atoms with E-state index in [9.17, 15) is 9.59 Å². The van der Waals surface area contributed by atoms with Crippen LogP contribution in [0.25, 0.3) is 0 Å². The van der Waals surface area contributed by atoms with Crippen molar-refractivity contribution in [3.8, 4) is 0 Å². The number of nitrogens with zero attached hydrogens (tertiary/aromatic N) is 2. The van der Waals surface area contributed by atoms with Crippen LogP contribution in [0.5, 0.6) is 0 Å². The Morgan fingerprint density at radius 1 is 1.05 bits per heavy atom. The molecule has 0 atom stereocenters. The predicted octanol–water partition coefficient (Wildman–Crippen LogP) is 0.396. The first-order valence-electron chi connectivity index (χ1n) is 6.90. The van der Waals surface area contributed by atoms with Gasteiger partial charge in [0.2, 0.25) is 5.91 Å². The lowest BCUT2D eigenvalue weighted by molar-refractivity contribution is -0.132. The fourth-order valence-electron chi connectivity index (χ4n) is 2.34. The Labute approximate surface area is 118 Å². The highest BCUT2D eigenvalue weighted by Gasteiger charge is 2.22. The van der Waals surface area contributed by atoms with Gasteiger partial charge in [0.05, 0.1) is 13.0 Å². The Hall–Kier alpha value is -1.72. The van der Waals surface area contributed by atoms with Crippen molar-refractivity contribution in [2.45, 2.75) is 6.42 Å². The van der Waals surface area contributed by atoms with Gasteiger partial charge < -0.3 is 10.0 Å². The van der Waals surface area contributed by atoms with Crippen LogP contribution in [0.3, 0.4) is 0 Å². The summed E-state index contributed by atoms with van der Waals surface area (Å²) in [6.45, 7) is 3.55. The molecule has 1 heterocycles. The highest BCUT2D eigenvalue weighted by atomic mass is 16.3. The molecular weight excluding hydrogens is 256 g/mol. The zero-order valence-corrected chi connectivity index (χ0v) is 11.5. The Kier molecular flexibility index (Phi) is 5.26. The third-order valence-electron chi connectivity index (χ3n) is 3.55. The van der Waals surface area contributed by atoms with Crippen molar-refractivity contribution >= 4 is 11.7 Å². The van der Waals surface area contributed by atoms with Gasteiger partial charge in [0.15, 0.2) is 5.78 Å². The van der Waals surface area contributed by atoms with Gasteiger partial charge in [-0.1, -0.05) is 30.3 Å². The number of rotatable bonds is 5. The first-order valence-corrected chi connectivity index (χ1v) is 6.90. The molecular formula is C15H20N2O3. The standard InChI is InChI=1S/C15H20N2O3/c18-11-10-16-6-8-17(9-7-16)15(20)12-14(19)13-4-2-1-3-5-13/h1-5,18H,6-12H2. The minimum Gasteiger partial charge on any atom is -0.395 e. The second-order valence-electron chi connectivity index (χ2n) is 4.91. The maximum absolute atomic E-state index is 12.1. The van der Waals surface area contributed by atoms with Crippen molar-refractivity contribution in [3.05, 3.63) is 35.9 Å². The average molecular weight is 276 g/mol. The summed E-state index contributed by atoms with van der Waals surface area (Å²) in [5, 5.41) is 8.87. The maximum atomic E-state index is 12.1. The van der Waals surface area contributed by atoms with Gasteiger partial charge in [-0.05, 0) is 0 Å². The summed E-state index contributed by atoms with van der Waals surface area (Å²) in [6, 6.07) is 8.90. The molecule has 1 saturated heterocycles. The van der Waals surface area contributed by atoms with Gasteiger partial charge in [-0.25, -0.2) is 0 Å². The van der Waals surface area contributed by atoms with Gasteiger partial charge in [-0.2, -0.15) is 0 Å². The van der Waals surface area contributed by atoms with Crippen LogP contribution in [0.4, 0.5) is 0 Å². The highest BCUT2D eigenvalue weighted by molar-refractivity contribution is 6.07. The minimum atomic E-state index is -0.131. The van der Waals surface area contributed by atoms with Crippen LogP contribution in [0, 0.1) is 0 Å². The second-order valence-corrected chi connectivity index (χ2v) is 4.91. The van der Waals surface area contributed by atoms with E-state index in [4.69, 9.17) is 5.11 Å². The Morgan fingerprint density at radius 3 is 2.30 bits per heavy atom. The van der Waals surface area contributed by atoms with Gasteiger partial charge in [-0.15, -0.1) is 0 Å². The molecule has 0 radical (unpaired) electrons. The van der Waals surface area contributed by atoms with E-state index in [-0.39, 0.29) is 24.7 Å².